The monoisotopic (exact) mass is 884 g/mol. The molecule has 0 unspecified atom stereocenters. The van der Waals surface area contributed by atoms with E-state index in [0.29, 0.717) is 33.4 Å². The second kappa shape index (κ2) is 12.5. The molecule has 0 N–H and O–H groups in total. The van der Waals surface area contributed by atoms with Gasteiger partial charge in [0, 0.05) is 35.3 Å². The van der Waals surface area contributed by atoms with Crippen LogP contribution < -0.4 is 4.90 Å². The first-order valence-electron chi connectivity index (χ1n) is 22.5. The van der Waals surface area contributed by atoms with Crippen LogP contribution in [0.1, 0.15) is 101 Å². The third-order valence-corrected chi connectivity index (χ3v) is 15.8. The molecule has 0 atom stereocenters. The number of fused-ring (bicyclic) bond motifs is 21. The van der Waals surface area contributed by atoms with E-state index < -0.39 is 16.2 Å². The Bertz CT molecular complexity index is 3660. The van der Waals surface area contributed by atoms with E-state index in [1.807, 2.05) is 72.8 Å². The number of para-hydroxylation sites is 3. The van der Waals surface area contributed by atoms with Gasteiger partial charge in [0.2, 0.25) is 0 Å². The van der Waals surface area contributed by atoms with Gasteiger partial charge >= 0.3 is 0 Å². The second-order valence-corrected chi connectivity index (χ2v) is 18.5. The summed E-state index contributed by atoms with van der Waals surface area (Å²) in [6.45, 7) is 0. The fourth-order valence-corrected chi connectivity index (χ4v) is 13.5. The number of anilines is 3. The van der Waals surface area contributed by atoms with Gasteiger partial charge < -0.3 is 4.90 Å². The number of benzene rings is 6. The van der Waals surface area contributed by atoms with Gasteiger partial charge in [-0.25, -0.2) is 0 Å². The van der Waals surface area contributed by atoms with E-state index in [0.717, 1.165) is 118 Å². The highest BCUT2D eigenvalue weighted by Gasteiger charge is 2.64. The Kier molecular flexibility index (Phi) is 6.72. The summed E-state index contributed by atoms with van der Waals surface area (Å²) in [4.78, 5) is 18.3. The molecular formula is C60H24N10. The van der Waals surface area contributed by atoms with Gasteiger partial charge in [-0.3, -0.25) is 15.0 Å². The molecule has 0 saturated heterocycles. The van der Waals surface area contributed by atoms with Gasteiger partial charge in [0.25, 0.3) is 0 Å². The van der Waals surface area contributed by atoms with Gasteiger partial charge in [0.1, 0.15) is 18.2 Å². The summed E-state index contributed by atoms with van der Waals surface area (Å²) in [5, 5.41) is 62.1. The largest absolute Gasteiger partial charge is 0.308 e. The number of rotatable bonds is 0. The van der Waals surface area contributed by atoms with Gasteiger partial charge in [0.15, 0.2) is 0 Å². The molecule has 6 aromatic carbocycles. The Hall–Kier alpha value is -10.5. The second-order valence-electron chi connectivity index (χ2n) is 18.5. The molecule has 15 rings (SSSR count). The number of nitriles is 6. The predicted molar refractivity (Wildman–Crippen MR) is 255 cm³/mol. The summed E-state index contributed by atoms with van der Waals surface area (Å²) in [5.41, 5.74) is 17.1. The fraction of sp³-hybridized carbons (Fsp3) is 0.0500. The highest BCUT2D eigenvalue weighted by molar-refractivity contribution is 6.07. The van der Waals surface area contributed by atoms with E-state index in [1.165, 1.54) is 0 Å². The van der Waals surface area contributed by atoms with Crippen molar-refractivity contribution in [3.8, 4) is 69.8 Å². The summed E-state index contributed by atoms with van der Waals surface area (Å²) in [6.07, 6.45) is 4.89. The van der Waals surface area contributed by atoms with Crippen LogP contribution in [0.2, 0.25) is 0 Å². The van der Waals surface area contributed by atoms with Gasteiger partial charge in [-0.1, -0.05) is 72.8 Å². The number of aromatic nitrogens is 3. The third kappa shape index (κ3) is 3.88. The van der Waals surface area contributed by atoms with E-state index in [9.17, 15) is 31.6 Å². The number of nitrogens with zero attached hydrogens (tertiary/aromatic N) is 10. The zero-order valence-corrected chi connectivity index (χ0v) is 36.3. The van der Waals surface area contributed by atoms with Crippen LogP contribution in [0, 0.1) is 68.0 Å². The van der Waals surface area contributed by atoms with Crippen LogP contribution in [0.25, 0.3) is 33.4 Å². The molecule has 0 saturated carbocycles. The standard InChI is InChI=1S/C60H24N10/c61-22-31-10-13-43-37(16-31)40-19-34(25-64)28-67-55(40)58(43)46-4-1-5-47-52(46)70-53-48(58)6-2-8-50(53)60(45-15-12-33(24-63)18-39(45)42-21-36(27-66)30-69-57(42)60)51-9-3-7-49(54(51)70)59(47)44-14-11-32(23-62)17-38(44)41-20-35(26-65)29-68-56(41)59/h1-21,28-30H. The van der Waals surface area contributed by atoms with E-state index in [4.69, 9.17) is 15.0 Å². The zero-order chi connectivity index (χ0) is 47.0. The third-order valence-electron chi connectivity index (χ3n) is 15.8. The molecule has 0 fully saturated rings. The Balaban J connectivity index is 1.21. The maximum Gasteiger partial charge on any atom is 0.101 e. The van der Waals surface area contributed by atoms with Crippen molar-refractivity contribution in [2.75, 3.05) is 4.90 Å². The summed E-state index contributed by atoms with van der Waals surface area (Å²) in [5.74, 6) is 0. The highest BCUT2D eigenvalue weighted by Crippen LogP contribution is 2.75. The highest BCUT2D eigenvalue weighted by atomic mass is 15.2. The molecule has 70 heavy (non-hydrogen) atoms. The lowest BCUT2D eigenvalue weighted by Gasteiger charge is -2.56. The molecule has 9 aromatic rings. The zero-order valence-electron chi connectivity index (χ0n) is 36.3. The molecule has 3 spiro atoms. The average Bonchev–Trinajstić information content (AvgIpc) is 3.99. The molecule has 0 bridgehead atoms. The van der Waals surface area contributed by atoms with Crippen LogP contribution in [0.5, 0.6) is 0 Å². The summed E-state index contributed by atoms with van der Waals surface area (Å²) < 4.78 is 0. The fourth-order valence-electron chi connectivity index (χ4n) is 13.5. The summed E-state index contributed by atoms with van der Waals surface area (Å²) >= 11 is 0. The Morgan fingerprint density at radius 1 is 0.300 bits per heavy atom. The molecule has 10 nitrogen and oxygen atoms in total. The minimum atomic E-state index is -1.12. The Morgan fingerprint density at radius 3 is 0.814 bits per heavy atom. The van der Waals surface area contributed by atoms with Crippen molar-refractivity contribution in [2.45, 2.75) is 16.2 Å². The lowest BCUT2D eigenvalue weighted by molar-refractivity contribution is 0.650. The average molecular weight is 885 g/mol. The van der Waals surface area contributed by atoms with E-state index in [-0.39, 0.29) is 0 Å². The topological polar surface area (TPSA) is 185 Å². The number of hydrogen-bond donors (Lipinski definition) is 0. The molecule has 6 aliphatic rings. The number of pyridine rings is 3. The normalized spacial score (nSPS) is 19.2. The first-order valence-corrected chi connectivity index (χ1v) is 22.5. The van der Waals surface area contributed by atoms with Gasteiger partial charge in [-0.05, 0) is 121 Å². The minimum Gasteiger partial charge on any atom is -0.308 e. The minimum absolute atomic E-state index is 0.389. The number of hydrogen-bond acceptors (Lipinski definition) is 10. The molecule has 0 radical (unpaired) electrons. The van der Waals surface area contributed by atoms with Crippen LogP contribution in [0.15, 0.2) is 146 Å². The summed E-state index contributed by atoms with van der Waals surface area (Å²) in [6, 6.07) is 56.3. The lowest BCUT2D eigenvalue weighted by atomic mass is 9.55. The van der Waals surface area contributed by atoms with Crippen molar-refractivity contribution in [3.05, 3.63) is 247 Å². The SMILES string of the molecule is N#Cc1ccc2c(c1)-c1cc(C#N)cnc1C21c2cccc3c2N2c4c1cccc4C1(c4ccc(C#N)cc4-c4cc(C#N)cnc41)c1cccc(c12)C31c2ccc(C#N)cc2-c2cc(C#N)cnc21. The molecule has 0 amide bonds. The first-order chi connectivity index (χ1) is 34.4. The smallest absolute Gasteiger partial charge is 0.101 e. The maximum absolute atomic E-state index is 10.4. The molecule has 3 aromatic heterocycles. The molecule has 10 heteroatoms. The predicted octanol–water partition coefficient (Wildman–Crippen LogP) is 10.6. The van der Waals surface area contributed by atoms with E-state index in [1.54, 1.807) is 18.6 Å². The quantitative estimate of drug-likeness (QED) is 0.142. The Morgan fingerprint density at radius 2 is 0.557 bits per heavy atom. The van der Waals surface area contributed by atoms with Crippen molar-refractivity contribution >= 4 is 17.1 Å². The van der Waals surface area contributed by atoms with E-state index >= 15 is 0 Å². The molecule has 6 heterocycles. The van der Waals surface area contributed by atoms with E-state index in [2.05, 4.69) is 95.9 Å². The maximum atomic E-state index is 10.4. The lowest BCUT2D eigenvalue weighted by Crippen LogP contribution is -2.48. The van der Waals surface area contributed by atoms with Gasteiger partial charge in [-0.15, -0.1) is 0 Å². The Labute approximate surface area is 399 Å². The molecule has 314 valence electrons. The van der Waals surface area contributed by atoms with Crippen molar-refractivity contribution in [1.29, 1.82) is 31.6 Å². The van der Waals surface area contributed by atoms with Crippen LogP contribution in [0.4, 0.5) is 17.1 Å². The molecule has 3 aliphatic heterocycles. The van der Waals surface area contributed by atoms with Crippen molar-refractivity contribution < 1.29 is 0 Å². The van der Waals surface area contributed by atoms with Crippen molar-refractivity contribution in [2.24, 2.45) is 0 Å². The first kappa shape index (κ1) is 37.7. The van der Waals surface area contributed by atoms with Gasteiger partial charge in [0.05, 0.1) is 102 Å². The summed E-state index contributed by atoms with van der Waals surface area (Å²) in [7, 11) is 0. The van der Waals surface area contributed by atoms with Gasteiger partial charge in [-0.2, -0.15) is 31.6 Å². The van der Waals surface area contributed by atoms with Crippen LogP contribution >= 0.6 is 0 Å². The van der Waals surface area contributed by atoms with Crippen molar-refractivity contribution in [1.82, 2.24) is 15.0 Å². The van der Waals surface area contributed by atoms with Crippen LogP contribution in [0.3, 0.4) is 0 Å². The van der Waals surface area contributed by atoms with Crippen molar-refractivity contribution in [3.63, 3.8) is 0 Å². The van der Waals surface area contributed by atoms with Crippen LogP contribution in [-0.4, -0.2) is 15.0 Å². The molecular weight excluding hydrogens is 861 g/mol. The molecule has 3 aliphatic carbocycles. The van der Waals surface area contributed by atoms with Crippen LogP contribution in [-0.2, 0) is 16.2 Å².